The van der Waals surface area contributed by atoms with Gasteiger partial charge in [0.1, 0.15) is 12.0 Å². The summed E-state index contributed by atoms with van der Waals surface area (Å²) in [7, 11) is 0. The van der Waals surface area contributed by atoms with Crippen molar-refractivity contribution in [1.29, 1.82) is 0 Å². The minimum atomic E-state index is -0.444. The fourth-order valence-electron chi connectivity index (χ4n) is 1.71. The first-order chi connectivity index (χ1) is 7.75. The fraction of sp³-hybridized carbons (Fsp3) is 0.364. The molecule has 0 aromatic carbocycles. The molecule has 0 saturated heterocycles. The van der Waals surface area contributed by atoms with E-state index in [1.807, 2.05) is 0 Å². The van der Waals surface area contributed by atoms with Crippen molar-refractivity contribution in [2.75, 3.05) is 5.32 Å². The Morgan fingerprint density at radius 1 is 1.44 bits per heavy atom. The Kier molecular flexibility index (Phi) is 3.14. The zero-order valence-electron chi connectivity index (χ0n) is 8.80. The highest BCUT2D eigenvalue weighted by atomic mass is 16.6. The first-order valence-electron chi connectivity index (χ1n) is 5.27. The monoisotopic (exact) mass is 219 g/mol. The third-order valence-electron chi connectivity index (χ3n) is 2.58. The summed E-state index contributed by atoms with van der Waals surface area (Å²) < 4.78 is 0. The van der Waals surface area contributed by atoms with E-state index in [0.29, 0.717) is 11.9 Å². The van der Waals surface area contributed by atoms with Crippen LogP contribution in [0, 0.1) is 10.1 Å². The van der Waals surface area contributed by atoms with Crippen LogP contribution in [0.15, 0.2) is 30.5 Å². The van der Waals surface area contributed by atoms with E-state index in [9.17, 15) is 10.1 Å². The Labute approximate surface area is 93.3 Å². The highest BCUT2D eigenvalue weighted by Crippen LogP contribution is 2.17. The molecule has 0 spiro atoms. The van der Waals surface area contributed by atoms with Crippen LogP contribution < -0.4 is 5.32 Å². The van der Waals surface area contributed by atoms with Crippen molar-refractivity contribution in [3.8, 4) is 0 Å². The van der Waals surface area contributed by atoms with E-state index in [1.54, 1.807) is 6.07 Å². The molecule has 1 atom stereocenters. The van der Waals surface area contributed by atoms with E-state index < -0.39 is 4.92 Å². The van der Waals surface area contributed by atoms with E-state index in [4.69, 9.17) is 0 Å². The second-order valence-corrected chi connectivity index (χ2v) is 3.78. The summed E-state index contributed by atoms with van der Waals surface area (Å²) >= 11 is 0. The lowest BCUT2D eigenvalue weighted by Crippen LogP contribution is -2.20. The van der Waals surface area contributed by atoms with Crippen molar-refractivity contribution in [2.45, 2.75) is 25.3 Å². The molecule has 1 N–H and O–H groups in total. The number of allylic oxidation sites excluding steroid dienone is 1. The maximum Gasteiger partial charge on any atom is 0.287 e. The van der Waals surface area contributed by atoms with E-state index in [0.717, 1.165) is 19.3 Å². The van der Waals surface area contributed by atoms with Crippen LogP contribution in [-0.2, 0) is 0 Å². The van der Waals surface area contributed by atoms with Gasteiger partial charge in [0.25, 0.3) is 5.69 Å². The molecule has 2 rings (SSSR count). The average Bonchev–Trinajstić information content (AvgIpc) is 2.31. The zero-order valence-corrected chi connectivity index (χ0v) is 8.80. The van der Waals surface area contributed by atoms with Crippen LogP contribution in [0.3, 0.4) is 0 Å². The van der Waals surface area contributed by atoms with E-state index in [-0.39, 0.29) is 5.69 Å². The molecule has 1 heterocycles. The van der Waals surface area contributed by atoms with E-state index in [1.165, 1.54) is 12.3 Å². The molecule has 0 amide bonds. The number of nitrogens with one attached hydrogen (secondary N) is 1. The van der Waals surface area contributed by atoms with E-state index in [2.05, 4.69) is 22.5 Å². The zero-order chi connectivity index (χ0) is 11.4. The molecule has 0 bridgehead atoms. The van der Waals surface area contributed by atoms with Gasteiger partial charge in [-0.05, 0) is 25.3 Å². The minimum Gasteiger partial charge on any atom is -0.367 e. The molecule has 16 heavy (non-hydrogen) atoms. The van der Waals surface area contributed by atoms with Gasteiger partial charge in [-0.2, -0.15) is 0 Å². The third-order valence-corrected chi connectivity index (χ3v) is 2.58. The molecule has 1 aliphatic carbocycles. The highest BCUT2D eigenvalue weighted by Gasteiger charge is 2.11. The molecule has 0 unspecified atom stereocenters. The van der Waals surface area contributed by atoms with Crippen molar-refractivity contribution in [1.82, 2.24) is 4.98 Å². The fourth-order valence-corrected chi connectivity index (χ4v) is 1.71. The minimum absolute atomic E-state index is 0.0223. The normalized spacial score (nSPS) is 19.4. The van der Waals surface area contributed by atoms with Crippen molar-refractivity contribution in [2.24, 2.45) is 0 Å². The maximum atomic E-state index is 10.4. The number of hydrogen-bond donors (Lipinski definition) is 1. The number of pyridine rings is 1. The van der Waals surface area contributed by atoms with Gasteiger partial charge in [-0.3, -0.25) is 10.1 Å². The summed E-state index contributed by atoms with van der Waals surface area (Å²) in [6.45, 7) is 0. The molecule has 0 aliphatic heterocycles. The van der Waals surface area contributed by atoms with Crippen molar-refractivity contribution in [3.63, 3.8) is 0 Å². The second-order valence-electron chi connectivity index (χ2n) is 3.78. The number of aromatic nitrogens is 1. The van der Waals surface area contributed by atoms with Gasteiger partial charge >= 0.3 is 0 Å². The molecular weight excluding hydrogens is 206 g/mol. The largest absolute Gasteiger partial charge is 0.367 e. The second kappa shape index (κ2) is 4.74. The Hall–Kier alpha value is -1.91. The Balaban J connectivity index is 1.99. The van der Waals surface area contributed by atoms with Gasteiger partial charge in [0.05, 0.1) is 4.92 Å². The summed E-state index contributed by atoms with van der Waals surface area (Å²) in [5.41, 5.74) is 0.0223. The van der Waals surface area contributed by atoms with Crippen LogP contribution in [0.2, 0.25) is 0 Å². The van der Waals surface area contributed by atoms with Crippen LogP contribution in [0.1, 0.15) is 19.3 Å². The average molecular weight is 219 g/mol. The molecule has 5 heteroatoms. The molecule has 84 valence electrons. The van der Waals surface area contributed by atoms with Crippen LogP contribution in [0.25, 0.3) is 0 Å². The summed E-state index contributed by atoms with van der Waals surface area (Å²) in [6, 6.07) is 3.50. The highest BCUT2D eigenvalue weighted by molar-refractivity contribution is 5.41. The van der Waals surface area contributed by atoms with Crippen LogP contribution in [0.4, 0.5) is 11.5 Å². The summed E-state index contributed by atoms with van der Waals surface area (Å²) in [5, 5.41) is 13.7. The molecule has 1 aliphatic rings. The Bertz CT molecular complexity index is 400. The van der Waals surface area contributed by atoms with Gasteiger partial charge in [-0.1, -0.05) is 12.2 Å². The SMILES string of the molecule is O=[N+]([O-])c1ccc(N[C@@H]2CC=CCC2)nc1. The van der Waals surface area contributed by atoms with Gasteiger partial charge in [0.15, 0.2) is 0 Å². The summed E-state index contributed by atoms with van der Waals surface area (Å²) in [4.78, 5) is 14.0. The van der Waals surface area contributed by atoms with Crippen molar-refractivity contribution >= 4 is 11.5 Å². The summed E-state index contributed by atoms with van der Waals surface area (Å²) in [6.07, 6.45) is 8.73. The maximum absolute atomic E-state index is 10.4. The van der Waals surface area contributed by atoms with Gasteiger partial charge in [-0.15, -0.1) is 0 Å². The smallest absolute Gasteiger partial charge is 0.287 e. The van der Waals surface area contributed by atoms with Gasteiger partial charge in [-0.25, -0.2) is 4.98 Å². The lowest BCUT2D eigenvalue weighted by molar-refractivity contribution is -0.385. The first-order valence-corrected chi connectivity index (χ1v) is 5.27. The quantitative estimate of drug-likeness (QED) is 0.482. The molecule has 0 saturated carbocycles. The Morgan fingerprint density at radius 3 is 2.88 bits per heavy atom. The number of anilines is 1. The number of nitrogens with zero attached hydrogens (tertiary/aromatic N) is 2. The van der Waals surface area contributed by atoms with Gasteiger partial charge in [0.2, 0.25) is 0 Å². The van der Waals surface area contributed by atoms with Gasteiger partial charge < -0.3 is 5.32 Å². The predicted octanol–water partition coefficient (Wildman–Crippen LogP) is 2.51. The summed E-state index contributed by atoms with van der Waals surface area (Å²) in [5.74, 6) is 0.700. The molecule has 0 radical (unpaired) electrons. The van der Waals surface area contributed by atoms with Crippen molar-refractivity contribution in [3.05, 3.63) is 40.6 Å². The molecule has 5 nitrogen and oxygen atoms in total. The first kappa shape index (κ1) is 10.6. The van der Waals surface area contributed by atoms with Gasteiger partial charge in [0, 0.05) is 12.1 Å². The molecular formula is C11H13N3O2. The molecule has 1 aromatic rings. The Morgan fingerprint density at radius 2 is 2.31 bits per heavy atom. The third kappa shape index (κ3) is 2.56. The molecule has 0 fully saturated rings. The predicted molar refractivity (Wildman–Crippen MR) is 61.3 cm³/mol. The van der Waals surface area contributed by atoms with Crippen LogP contribution in [0.5, 0.6) is 0 Å². The van der Waals surface area contributed by atoms with Crippen LogP contribution >= 0.6 is 0 Å². The lowest BCUT2D eigenvalue weighted by atomic mass is 10.0. The lowest BCUT2D eigenvalue weighted by Gasteiger charge is -2.19. The van der Waals surface area contributed by atoms with Crippen LogP contribution in [-0.4, -0.2) is 15.9 Å². The number of rotatable bonds is 3. The topological polar surface area (TPSA) is 68.1 Å². The number of nitro groups is 1. The number of hydrogen-bond acceptors (Lipinski definition) is 4. The van der Waals surface area contributed by atoms with Crippen molar-refractivity contribution < 1.29 is 4.92 Å². The van der Waals surface area contributed by atoms with E-state index >= 15 is 0 Å². The standard InChI is InChI=1S/C11H13N3O2/c15-14(16)10-6-7-11(12-8-10)13-9-4-2-1-3-5-9/h1-2,6-9H,3-5H2,(H,12,13)/t9-/m1/s1. The molecule has 1 aromatic heterocycles.